The van der Waals surface area contributed by atoms with Crippen LogP contribution in [0.25, 0.3) is 0 Å². The second kappa shape index (κ2) is 4.86. The van der Waals surface area contributed by atoms with Gasteiger partial charge < -0.3 is 8.85 Å². The molecule has 0 bridgehead atoms. The van der Waals surface area contributed by atoms with Gasteiger partial charge in [0.25, 0.3) is 0 Å². The topological polar surface area (TPSA) is 57.1 Å². The normalized spacial score (nSPS) is 16.3. The second-order valence-corrected chi connectivity index (χ2v) is 15.8. The first kappa shape index (κ1) is 14.5. The largest absolute Gasteiger partial charge is 0.530 e. The van der Waals surface area contributed by atoms with Gasteiger partial charge in [0.1, 0.15) is 5.69 Å². The van der Waals surface area contributed by atoms with Gasteiger partial charge in [0.2, 0.25) is 22.5 Å². The van der Waals surface area contributed by atoms with Crippen LogP contribution in [0.15, 0.2) is 0 Å². The van der Waals surface area contributed by atoms with Gasteiger partial charge in [-0.3, -0.25) is 0 Å². The highest BCUT2D eigenvalue weighted by Crippen LogP contribution is 2.42. The Morgan fingerprint density at radius 1 is 0.895 bits per heavy atom. The third-order valence-corrected chi connectivity index (χ3v) is 4.02. The molecule has 0 aromatic carbocycles. The predicted octanol–water partition coefficient (Wildman–Crippen LogP) is 3.18. The molecule has 1 fully saturated rings. The predicted molar refractivity (Wildman–Crippen MR) is 79.8 cm³/mol. The van der Waals surface area contributed by atoms with E-state index >= 15 is 0 Å². The molecule has 0 spiro atoms. The SMILES string of the molecule is C[Si](C)(C)Oc1nnc(C2CC2)c(O[Si](C)(C)C)n1. The Hall–Kier alpha value is -0.956. The van der Waals surface area contributed by atoms with Crippen molar-refractivity contribution in [2.24, 2.45) is 0 Å². The van der Waals surface area contributed by atoms with Crippen molar-refractivity contribution in [2.45, 2.75) is 58.0 Å². The van der Waals surface area contributed by atoms with Crippen LogP contribution in [-0.2, 0) is 0 Å². The highest BCUT2D eigenvalue weighted by atomic mass is 28.4. The van der Waals surface area contributed by atoms with Gasteiger partial charge in [0.05, 0.1) is 0 Å². The Kier molecular flexibility index (Phi) is 3.70. The Labute approximate surface area is 117 Å². The average molecular weight is 298 g/mol. The number of aromatic nitrogens is 3. The maximum absolute atomic E-state index is 6.05. The van der Waals surface area contributed by atoms with Gasteiger partial charge in [-0.25, -0.2) is 0 Å². The Morgan fingerprint density at radius 2 is 1.47 bits per heavy atom. The molecule has 0 radical (unpaired) electrons. The van der Waals surface area contributed by atoms with Gasteiger partial charge in [-0.2, -0.15) is 4.98 Å². The van der Waals surface area contributed by atoms with Gasteiger partial charge in [-0.1, -0.05) is 5.10 Å². The molecule has 5 nitrogen and oxygen atoms in total. The zero-order valence-electron chi connectivity index (χ0n) is 12.6. The van der Waals surface area contributed by atoms with E-state index in [-0.39, 0.29) is 0 Å². The summed E-state index contributed by atoms with van der Waals surface area (Å²) in [4.78, 5) is 4.46. The number of rotatable bonds is 5. The van der Waals surface area contributed by atoms with E-state index < -0.39 is 16.6 Å². The highest BCUT2D eigenvalue weighted by Gasteiger charge is 2.32. The molecule has 0 N–H and O–H groups in total. The highest BCUT2D eigenvalue weighted by molar-refractivity contribution is 6.70. The number of hydrogen-bond acceptors (Lipinski definition) is 5. The molecule has 1 aliphatic rings. The summed E-state index contributed by atoms with van der Waals surface area (Å²) >= 11 is 0. The summed E-state index contributed by atoms with van der Waals surface area (Å²) in [7, 11) is -3.42. The lowest BCUT2D eigenvalue weighted by Crippen LogP contribution is -2.32. The van der Waals surface area contributed by atoms with E-state index in [1.54, 1.807) is 0 Å². The standard InChI is InChI=1S/C12H23N3O2Si2/c1-18(2,3)16-11-10(9-7-8-9)14-15-12(13-11)17-19(4,5)6/h9H,7-8H2,1-6H3. The van der Waals surface area contributed by atoms with E-state index in [9.17, 15) is 0 Å². The van der Waals surface area contributed by atoms with Crippen LogP contribution < -0.4 is 8.85 Å². The molecule has 0 aliphatic heterocycles. The minimum atomic E-state index is -1.72. The molecule has 0 amide bonds. The molecule has 0 atom stereocenters. The first-order valence-corrected chi connectivity index (χ1v) is 13.6. The van der Waals surface area contributed by atoms with Crippen molar-refractivity contribution in [1.29, 1.82) is 0 Å². The number of hydrogen-bond donors (Lipinski definition) is 0. The van der Waals surface area contributed by atoms with Crippen molar-refractivity contribution in [1.82, 2.24) is 15.2 Å². The molecule has 1 aliphatic carbocycles. The lowest BCUT2D eigenvalue weighted by atomic mass is 10.3. The summed E-state index contributed by atoms with van der Waals surface area (Å²) in [5, 5.41) is 8.39. The van der Waals surface area contributed by atoms with Crippen molar-refractivity contribution in [2.75, 3.05) is 0 Å². The fourth-order valence-electron chi connectivity index (χ4n) is 1.60. The first-order chi connectivity index (χ1) is 8.64. The molecular formula is C12H23N3O2Si2. The lowest BCUT2D eigenvalue weighted by molar-refractivity contribution is 0.455. The van der Waals surface area contributed by atoms with Crippen molar-refractivity contribution < 1.29 is 8.85 Å². The fraction of sp³-hybridized carbons (Fsp3) is 0.750. The third-order valence-electron chi connectivity index (χ3n) is 2.42. The van der Waals surface area contributed by atoms with E-state index in [4.69, 9.17) is 8.85 Å². The van der Waals surface area contributed by atoms with Crippen LogP contribution in [0, 0.1) is 0 Å². The summed E-state index contributed by atoms with van der Waals surface area (Å²) in [6.07, 6.45) is 2.32. The molecule has 1 heterocycles. The Bertz CT molecular complexity index is 465. The van der Waals surface area contributed by atoms with E-state index in [1.165, 1.54) is 0 Å². The van der Waals surface area contributed by atoms with Crippen LogP contribution in [0.3, 0.4) is 0 Å². The van der Waals surface area contributed by atoms with Crippen molar-refractivity contribution in [3.63, 3.8) is 0 Å². The summed E-state index contributed by atoms with van der Waals surface area (Å²) < 4.78 is 11.9. The van der Waals surface area contributed by atoms with E-state index in [0.29, 0.717) is 17.8 Å². The first-order valence-electron chi connectivity index (χ1n) is 6.77. The molecule has 0 saturated heterocycles. The molecule has 1 aromatic heterocycles. The van der Waals surface area contributed by atoms with Crippen LogP contribution in [0.4, 0.5) is 0 Å². The quantitative estimate of drug-likeness (QED) is 0.781. The zero-order valence-corrected chi connectivity index (χ0v) is 14.6. The van der Waals surface area contributed by atoms with Gasteiger partial charge in [0.15, 0.2) is 0 Å². The molecule has 2 rings (SSSR count). The zero-order chi connectivity index (χ0) is 14.3. The summed E-state index contributed by atoms with van der Waals surface area (Å²) in [5.41, 5.74) is 0.908. The van der Waals surface area contributed by atoms with Gasteiger partial charge in [-0.15, -0.1) is 5.10 Å². The molecule has 19 heavy (non-hydrogen) atoms. The maximum atomic E-state index is 6.05. The second-order valence-electron chi connectivity index (χ2n) is 6.99. The van der Waals surface area contributed by atoms with Gasteiger partial charge in [0, 0.05) is 5.92 Å². The van der Waals surface area contributed by atoms with E-state index in [2.05, 4.69) is 54.5 Å². The van der Waals surface area contributed by atoms with Crippen LogP contribution >= 0.6 is 0 Å². The smallest absolute Gasteiger partial charge is 0.325 e. The maximum Gasteiger partial charge on any atom is 0.325 e. The van der Waals surface area contributed by atoms with Crippen LogP contribution in [0.1, 0.15) is 24.5 Å². The average Bonchev–Trinajstić information content (AvgIpc) is 2.95. The van der Waals surface area contributed by atoms with E-state index in [0.717, 1.165) is 18.5 Å². The lowest BCUT2D eigenvalue weighted by Gasteiger charge is -2.21. The summed E-state index contributed by atoms with van der Waals surface area (Å²) in [6, 6.07) is 0.358. The van der Waals surface area contributed by atoms with Crippen molar-refractivity contribution in [3.8, 4) is 11.9 Å². The van der Waals surface area contributed by atoms with E-state index in [1.807, 2.05) is 0 Å². The third kappa shape index (κ3) is 4.57. The Morgan fingerprint density at radius 3 is 1.95 bits per heavy atom. The minimum Gasteiger partial charge on any atom is -0.530 e. The van der Waals surface area contributed by atoms with Crippen LogP contribution in [0.2, 0.25) is 39.3 Å². The molecule has 106 valence electrons. The summed E-state index contributed by atoms with van der Waals surface area (Å²) in [5.74, 6) is 1.12. The summed E-state index contributed by atoms with van der Waals surface area (Å²) in [6.45, 7) is 12.7. The number of nitrogens with zero attached hydrogens (tertiary/aromatic N) is 3. The molecular weight excluding hydrogens is 274 g/mol. The molecule has 7 heteroatoms. The van der Waals surface area contributed by atoms with Crippen LogP contribution in [-0.4, -0.2) is 31.8 Å². The minimum absolute atomic E-state index is 0.358. The van der Waals surface area contributed by atoms with Gasteiger partial charge in [-0.05, 0) is 52.1 Å². The van der Waals surface area contributed by atoms with Gasteiger partial charge >= 0.3 is 6.01 Å². The fourth-order valence-corrected chi connectivity index (χ4v) is 2.97. The molecule has 1 aromatic rings. The Balaban J connectivity index is 2.27. The van der Waals surface area contributed by atoms with Crippen molar-refractivity contribution >= 4 is 16.6 Å². The molecule has 1 saturated carbocycles. The van der Waals surface area contributed by atoms with Crippen molar-refractivity contribution in [3.05, 3.63) is 5.69 Å². The van der Waals surface area contributed by atoms with Crippen LogP contribution in [0.5, 0.6) is 11.9 Å². The monoisotopic (exact) mass is 297 g/mol. The molecule has 0 unspecified atom stereocenters.